The monoisotopic (exact) mass is 265 g/mol. The number of aromatic carboxylic acids is 1. The molecule has 0 saturated carbocycles. The first kappa shape index (κ1) is 12.7. The summed E-state index contributed by atoms with van der Waals surface area (Å²) < 4.78 is 17.7. The first-order valence-corrected chi connectivity index (χ1v) is 5.12. The zero-order valence-electron chi connectivity index (χ0n) is 9.68. The Morgan fingerprint density at radius 3 is 2.74 bits per heavy atom. The van der Waals surface area contributed by atoms with Crippen LogP contribution in [0.1, 0.15) is 26.9 Å². The number of hydrogen-bond acceptors (Lipinski definition) is 5. The molecule has 0 bridgehead atoms. The van der Waals surface area contributed by atoms with Crippen LogP contribution >= 0.6 is 0 Å². The average Bonchev–Trinajstić information content (AvgIpc) is 2.75. The number of aryl methyl sites for hydroxylation is 1. The third-order valence-corrected chi connectivity index (χ3v) is 2.19. The van der Waals surface area contributed by atoms with E-state index in [2.05, 4.69) is 20.0 Å². The summed E-state index contributed by atoms with van der Waals surface area (Å²) in [7, 11) is 0. The van der Waals surface area contributed by atoms with Crippen molar-refractivity contribution < 1.29 is 23.6 Å². The maximum Gasteiger partial charge on any atom is 0.337 e. The number of nitrogens with zero attached hydrogens (tertiary/aromatic N) is 2. The number of halogens is 1. The smallest absolute Gasteiger partial charge is 0.337 e. The van der Waals surface area contributed by atoms with Crippen LogP contribution in [-0.4, -0.2) is 27.1 Å². The van der Waals surface area contributed by atoms with E-state index in [9.17, 15) is 14.0 Å². The number of benzene rings is 1. The van der Waals surface area contributed by atoms with Crippen molar-refractivity contribution in [2.45, 2.75) is 6.92 Å². The summed E-state index contributed by atoms with van der Waals surface area (Å²) in [6, 6.07) is 2.93. The van der Waals surface area contributed by atoms with Gasteiger partial charge in [-0.25, -0.2) is 9.18 Å². The lowest BCUT2D eigenvalue weighted by molar-refractivity contribution is 0.0698. The Labute approximate surface area is 106 Å². The average molecular weight is 265 g/mol. The molecular weight excluding hydrogens is 257 g/mol. The maximum absolute atomic E-state index is 13.1. The lowest BCUT2D eigenvalue weighted by Gasteiger charge is -2.06. The van der Waals surface area contributed by atoms with Crippen LogP contribution in [0.4, 0.5) is 10.1 Å². The van der Waals surface area contributed by atoms with E-state index in [0.717, 1.165) is 18.2 Å². The number of hydrogen-bond donors (Lipinski definition) is 2. The lowest BCUT2D eigenvalue weighted by Crippen LogP contribution is -2.16. The molecule has 0 unspecified atom stereocenters. The number of nitrogens with one attached hydrogen (secondary N) is 1. The minimum Gasteiger partial charge on any atom is -0.478 e. The molecule has 1 heterocycles. The van der Waals surface area contributed by atoms with Crippen molar-refractivity contribution in [3.63, 3.8) is 0 Å². The number of rotatable bonds is 3. The molecule has 2 N–H and O–H groups in total. The van der Waals surface area contributed by atoms with Gasteiger partial charge in [0, 0.05) is 6.92 Å². The topological polar surface area (TPSA) is 105 Å². The summed E-state index contributed by atoms with van der Waals surface area (Å²) in [4.78, 5) is 26.3. The maximum atomic E-state index is 13.1. The van der Waals surface area contributed by atoms with Gasteiger partial charge in [0.25, 0.3) is 11.7 Å². The Hall–Kier alpha value is -2.77. The van der Waals surface area contributed by atoms with E-state index < -0.39 is 17.7 Å². The van der Waals surface area contributed by atoms with E-state index in [-0.39, 0.29) is 23.0 Å². The number of carbonyl (C=O) groups excluding carboxylic acids is 1. The fraction of sp³-hybridized carbons (Fsp3) is 0.0909. The molecular formula is C11H8FN3O4. The van der Waals surface area contributed by atoms with Gasteiger partial charge in [-0.3, -0.25) is 4.79 Å². The van der Waals surface area contributed by atoms with E-state index in [1.54, 1.807) is 0 Å². The molecule has 1 amide bonds. The molecule has 0 atom stereocenters. The van der Waals surface area contributed by atoms with Gasteiger partial charge >= 0.3 is 5.97 Å². The minimum atomic E-state index is -1.29. The molecule has 2 rings (SSSR count). The summed E-state index contributed by atoms with van der Waals surface area (Å²) in [5.41, 5.74) is -0.421. The van der Waals surface area contributed by atoms with Gasteiger partial charge in [0.15, 0.2) is 0 Å². The highest BCUT2D eigenvalue weighted by Crippen LogP contribution is 2.18. The Kier molecular flexibility index (Phi) is 3.23. The van der Waals surface area contributed by atoms with Gasteiger partial charge in [-0.1, -0.05) is 5.16 Å². The van der Waals surface area contributed by atoms with E-state index >= 15 is 0 Å². The Bertz CT molecular complexity index is 653. The second-order valence-electron chi connectivity index (χ2n) is 3.59. The number of aromatic nitrogens is 2. The van der Waals surface area contributed by atoms with Crippen LogP contribution in [0.3, 0.4) is 0 Å². The van der Waals surface area contributed by atoms with Crippen LogP contribution in [0.15, 0.2) is 22.7 Å². The quantitative estimate of drug-likeness (QED) is 0.870. The van der Waals surface area contributed by atoms with Gasteiger partial charge in [0.05, 0.1) is 11.3 Å². The summed E-state index contributed by atoms with van der Waals surface area (Å²) in [6.45, 7) is 1.49. The molecule has 0 saturated heterocycles. The molecule has 2 aromatic rings. The standard InChI is InChI=1S/C11H8FN3O4/c1-5-13-9(15-19-5)10(16)14-8-4-6(12)2-3-7(8)11(17)18/h2-4H,1H3,(H,14,16)(H,17,18). The SMILES string of the molecule is Cc1nc(C(=O)Nc2cc(F)ccc2C(=O)O)no1. The van der Waals surface area contributed by atoms with Crippen LogP contribution in [-0.2, 0) is 0 Å². The second kappa shape index (κ2) is 4.84. The number of carbonyl (C=O) groups is 2. The summed E-state index contributed by atoms with van der Waals surface area (Å²) >= 11 is 0. The molecule has 0 aliphatic rings. The van der Waals surface area contributed by atoms with Crippen molar-refractivity contribution in [3.8, 4) is 0 Å². The largest absolute Gasteiger partial charge is 0.478 e. The van der Waals surface area contributed by atoms with Crippen LogP contribution < -0.4 is 5.32 Å². The number of anilines is 1. The molecule has 0 aliphatic heterocycles. The van der Waals surface area contributed by atoms with Crippen molar-refractivity contribution in [1.82, 2.24) is 10.1 Å². The highest BCUT2D eigenvalue weighted by molar-refractivity contribution is 6.05. The first-order chi connectivity index (χ1) is 8.97. The number of amides is 1. The fourth-order valence-electron chi connectivity index (χ4n) is 1.38. The summed E-state index contributed by atoms with van der Waals surface area (Å²) in [5.74, 6) is -2.84. The summed E-state index contributed by atoms with van der Waals surface area (Å²) in [6.07, 6.45) is 0. The van der Waals surface area contributed by atoms with E-state index in [0.29, 0.717) is 0 Å². The van der Waals surface area contributed by atoms with Crippen LogP contribution in [0.5, 0.6) is 0 Å². The van der Waals surface area contributed by atoms with Gasteiger partial charge in [-0.05, 0) is 18.2 Å². The highest BCUT2D eigenvalue weighted by atomic mass is 19.1. The van der Waals surface area contributed by atoms with Crippen LogP contribution in [0.25, 0.3) is 0 Å². The molecule has 1 aromatic heterocycles. The van der Waals surface area contributed by atoms with Crippen LogP contribution in [0.2, 0.25) is 0 Å². The Balaban J connectivity index is 2.30. The minimum absolute atomic E-state index is 0.181. The molecule has 8 heteroatoms. The fourth-order valence-corrected chi connectivity index (χ4v) is 1.38. The third kappa shape index (κ3) is 2.73. The van der Waals surface area contributed by atoms with Crippen molar-refractivity contribution in [2.24, 2.45) is 0 Å². The molecule has 0 fully saturated rings. The third-order valence-electron chi connectivity index (χ3n) is 2.19. The van der Waals surface area contributed by atoms with E-state index in [4.69, 9.17) is 5.11 Å². The molecule has 7 nitrogen and oxygen atoms in total. The van der Waals surface area contributed by atoms with Crippen molar-refractivity contribution >= 4 is 17.6 Å². The lowest BCUT2D eigenvalue weighted by atomic mass is 10.1. The molecule has 0 radical (unpaired) electrons. The van der Waals surface area contributed by atoms with E-state index in [1.165, 1.54) is 6.92 Å². The number of carboxylic acids is 1. The Morgan fingerprint density at radius 2 is 2.16 bits per heavy atom. The van der Waals surface area contributed by atoms with E-state index in [1.807, 2.05) is 0 Å². The van der Waals surface area contributed by atoms with Gasteiger partial charge in [-0.15, -0.1) is 0 Å². The zero-order chi connectivity index (χ0) is 14.0. The molecule has 19 heavy (non-hydrogen) atoms. The van der Waals surface area contributed by atoms with Crippen molar-refractivity contribution in [3.05, 3.63) is 41.3 Å². The first-order valence-electron chi connectivity index (χ1n) is 5.12. The Morgan fingerprint density at radius 1 is 1.42 bits per heavy atom. The molecule has 0 spiro atoms. The van der Waals surface area contributed by atoms with Gasteiger partial charge in [0.2, 0.25) is 5.89 Å². The van der Waals surface area contributed by atoms with Crippen molar-refractivity contribution in [2.75, 3.05) is 5.32 Å². The molecule has 0 aliphatic carbocycles. The molecule has 98 valence electrons. The van der Waals surface area contributed by atoms with Crippen molar-refractivity contribution in [1.29, 1.82) is 0 Å². The predicted molar refractivity (Wildman–Crippen MR) is 60.3 cm³/mol. The molecule has 1 aromatic carbocycles. The van der Waals surface area contributed by atoms with Crippen LogP contribution in [0, 0.1) is 12.7 Å². The number of carboxylic acid groups (broad SMARTS) is 1. The second-order valence-corrected chi connectivity index (χ2v) is 3.59. The predicted octanol–water partition coefficient (Wildman–Crippen LogP) is 1.47. The normalized spacial score (nSPS) is 10.2. The highest BCUT2D eigenvalue weighted by Gasteiger charge is 2.17. The summed E-state index contributed by atoms with van der Waals surface area (Å²) in [5, 5.41) is 14.5. The van der Waals surface area contributed by atoms with Gasteiger partial charge in [0.1, 0.15) is 5.82 Å². The zero-order valence-corrected chi connectivity index (χ0v) is 9.68. The van der Waals surface area contributed by atoms with Gasteiger partial charge < -0.3 is 14.9 Å². The van der Waals surface area contributed by atoms with Gasteiger partial charge in [-0.2, -0.15) is 4.98 Å².